The molecule has 0 amide bonds. The maximum Gasteiger partial charge on any atom is 0.355 e. The van der Waals surface area contributed by atoms with Gasteiger partial charge in [-0.05, 0) is 43.3 Å². The van der Waals surface area contributed by atoms with Gasteiger partial charge >= 0.3 is 5.69 Å². The lowest BCUT2D eigenvalue weighted by Crippen LogP contribution is -2.13. The van der Waals surface area contributed by atoms with E-state index in [-0.39, 0.29) is 23.0 Å². The van der Waals surface area contributed by atoms with Gasteiger partial charge in [0, 0.05) is 17.8 Å². The molecule has 0 aliphatic carbocycles. The Labute approximate surface area is 170 Å². The molecule has 0 aliphatic rings. The molecule has 1 aromatic heterocycles. The van der Waals surface area contributed by atoms with Gasteiger partial charge in [-0.15, -0.1) is 0 Å². The third-order valence-corrected chi connectivity index (χ3v) is 3.84. The van der Waals surface area contributed by atoms with Crippen LogP contribution in [0, 0.1) is 20.2 Å². The van der Waals surface area contributed by atoms with Crippen LogP contribution in [0.3, 0.4) is 0 Å². The summed E-state index contributed by atoms with van der Waals surface area (Å²) in [6.07, 6.45) is 1.17. The zero-order valence-corrected chi connectivity index (χ0v) is 15.7. The Bertz CT molecular complexity index is 1040. The number of ether oxygens (including phenoxy) is 1. The van der Waals surface area contributed by atoms with Gasteiger partial charge < -0.3 is 10.1 Å². The van der Waals surface area contributed by atoms with E-state index in [9.17, 15) is 20.2 Å². The largest absolute Gasteiger partial charge is 0.494 e. The minimum Gasteiger partial charge on any atom is -0.494 e. The second-order valence-electron chi connectivity index (χ2n) is 5.81. The van der Waals surface area contributed by atoms with E-state index in [1.165, 1.54) is 30.6 Å². The Hall–Kier alpha value is -4.48. The predicted octanol–water partition coefficient (Wildman–Crippen LogP) is 3.87. The van der Waals surface area contributed by atoms with Gasteiger partial charge in [-0.2, -0.15) is 0 Å². The fourth-order valence-electron chi connectivity index (χ4n) is 2.47. The highest BCUT2D eigenvalue weighted by molar-refractivity contribution is 5.74. The molecule has 3 rings (SSSR count). The van der Waals surface area contributed by atoms with Crippen molar-refractivity contribution in [2.75, 3.05) is 22.8 Å². The van der Waals surface area contributed by atoms with Crippen molar-refractivity contribution in [3.8, 4) is 5.75 Å². The highest BCUT2D eigenvalue weighted by atomic mass is 16.6. The summed E-state index contributed by atoms with van der Waals surface area (Å²) in [7, 11) is 0. The maximum atomic E-state index is 11.6. The molecule has 0 aliphatic heterocycles. The quantitative estimate of drug-likeness (QED) is 0.348. The average molecular weight is 411 g/mol. The summed E-state index contributed by atoms with van der Waals surface area (Å²) >= 11 is 0. The van der Waals surface area contributed by atoms with Crippen molar-refractivity contribution in [1.82, 2.24) is 9.97 Å². The van der Waals surface area contributed by atoms with Gasteiger partial charge in [0.15, 0.2) is 0 Å². The molecule has 0 fully saturated rings. The second kappa shape index (κ2) is 9.14. The SMILES string of the molecule is CCOc1ccc(Nc2ncnc(NNc3ccc([N+](=O)[O-])cc3)c2[N+](=O)[O-])cc1. The molecule has 0 saturated carbocycles. The Balaban J connectivity index is 1.78. The lowest BCUT2D eigenvalue weighted by atomic mass is 10.3. The molecule has 0 bridgehead atoms. The van der Waals surface area contributed by atoms with Crippen LogP contribution >= 0.6 is 0 Å². The van der Waals surface area contributed by atoms with Crippen LogP contribution in [0.15, 0.2) is 54.9 Å². The monoisotopic (exact) mass is 411 g/mol. The molecule has 3 aromatic rings. The average Bonchev–Trinajstić information content (AvgIpc) is 2.74. The number of benzene rings is 2. The van der Waals surface area contributed by atoms with Crippen LogP contribution in [-0.2, 0) is 0 Å². The van der Waals surface area contributed by atoms with Gasteiger partial charge in [-0.1, -0.05) is 0 Å². The fourth-order valence-corrected chi connectivity index (χ4v) is 2.47. The first-order valence-electron chi connectivity index (χ1n) is 8.73. The van der Waals surface area contributed by atoms with Crippen molar-refractivity contribution in [3.05, 3.63) is 75.1 Å². The number of non-ortho nitro benzene ring substituents is 1. The Morgan fingerprint density at radius 2 is 1.50 bits per heavy atom. The van der Waals surface area contributed by atoms with Crippen LogP contribution in [0.25, 0.3) is 0 Å². The number of hydrogen-bond acceptors (Lipinski definition) is 10. The molecule has 30 heavy (non-hydrogen) atoms. The van der Waals surface area contributed by atoms with Crippen LogP contribution in [-0.4, -0.2) is 26.4 Å². The van der Waals surface area contributed by atoms with Gasteiger partial charge in [-0.3, -0.25) is 31.1 Å². The summed E-state index contributed by atoms with van der Waals surface area (Å²) in [4.78, 5) is 29.1. The molecule has 2 aromatic carbocycles. The molecule has 12 nitrogen and oxygen atoms in total. The molecule has 0 atom stereocenters. The predicted molar refractivity (Wildman–Crippen MR) is 110 cm³/mol. The normalized spacial score (nSPS) is 10.2. The topological polar surface area (TPSA) is 157 Å². The van der Waals surface area contributed by atoms with Crippen molar-refractivity contribution in [3.63, 3.8) is 0 Å². The number of hydrogen-bond donors (Lipinski definition) is 3. The zero-order valence-electron chi connectivity index (χ0n) is 15.7. The van der Waals surface area contributed by atoms with E-state index in [2.05, 4.69) is 26.1 Å². The Morgan fingerprint density at radius 3 is 2.10 bits per heavy atom. The maximum absolute atomic E-state index is 11.6. The van der Waals surface area contributed by atoms with E-state index in [1.807, 2.05) is 6.92 Å². The van der Waals surface area contributed by atoms with Crippen molar-refractivity contribution in [2.45, 2.75) is 6.92 Å². The second-order valence-corrected chi connectivity index (χ2v) is 5.81. The lowest BCUT2D eigenvalue weighted by molar-refractivity contribution is -0.384. The van der Waals surface area contributed by atoms with E-state index in [0.29, 0.717) is 23.7 Å². The number of anilines is 4. The summed E-state index contributed by atoms with van der Waals surface area (Å²) < 4.78 is 5.37. The molecular formula is C18H17N7O5. The van der Waals surface area contributed by atoms with Gasteiger partial charge in [-0.25, -0.2) is 9.97 Å². The van der Waals surface area contributed by atoms with E-state index >= 15 is 0 Å². The standard InChI is InChI=1S/C18H17N7O5/c1-2-30-15-9-5-12(6-10-15)21-17-16(25(28)29)18(20-11-19-17)23-22-13-3-7-14(8-4-13)24(26)27/h3-11,22H,2H2,1H3,(H2,19,20,21,23). The van der Waals surface area contributed by atoms with Crippen LogP contribution < -0.4 is 20.9 Å². The van der Waals surface area contributed by atoms with Gasteiger partial charge in [0.2, 0.25) is 11.6 Å². The van der Waals surface area contributed by atoms with Crippen molar-refractivity contribution < 1.29 is 14.6 Å². The first-order chi connectivity index (χ1) is 14.5. The molecular weight excluding hydrogens is 394 g/mol. The van der Waals surface area contributed by atoms with E-state index in [4.69, 9.17) is 4.74 Å². The van der Waals surface area contributed by atoms with E-state index < -0.39 is 9.85 Å². The first kappa shape index (κ1) is 20.3. The smallest absolute Gasteiger partial charge is 0.355 e. The number of nitro groups is 2. The molecule has 3 N–H and O–H groups in total. The number of rotatable bonds is 9. The van der Waals surface area contributed by atoms with Gasteiger partial charge in [0.25, 0.3) is 5.69 Å². The Morgan fingerprint density at radius 1 is 0.867 bits per heavy atom. The number of hydrazine groups is 1. The highest BCUT2D eigenvalue weighted by Gasteiger charge is 2.23. The molecule has 1 heterocycles. The number of nitrogens with one attached hydrogen (secondary N) is 3. The molecule has 12 heteroatoms. The van der Waals surface area contributed by atoms with Gasteiger partial charge in [0.05, 0.1) is 22.1 Å². The third-order valence-electron chi connectivity index (χ3n) is 3.84. The summed E-state index contributed by atoms with van der Waals surface area (Å²) in [6, 6.07) is 12.4. The molecule has 0 spiro atoms. The third kappa shape index (κ3) is 4.86. The van der Waals surface area contributed by atoms with Crippen LogP contribution in [0.4, 0.5) is 34.4 Å². The first-order valence-corrected chi connectivity index (χ1v) is 8.73. The van der Waals surface area contributed by atoms with E-state index in [0.717, 1.165) is 0 Å². The van der Waals surface area contributed by atoms with Gasteiger partial charge in [0.1, 0.15) is 12.1 Å². The summed E-state index contributed by atoms with van der Waals surface area (Å²) in [5.41, 5.74) is 5.95. The van der Waals surface area contributed by atoms with E-state index in [1.54, 1.807) is 24.3 Å². The fraction of sp³-hybridized carbons (Fsp3) is 0.111. The Kier molecular flexibility index (Phi) is 6.17. The van der Waals surface area contributed by atoms with Crippen LogP contribution in [0.1, 0.15) is 6.92 Å². The molecule has 0 unspecified atom stereocenters. The summed E-state index contributed by atoms with van der Waals surface area (Å²) in [6.45, 7) is 2.40. The van der Waals surface area contributed by atoms with Crippen molar-refractivity contribution >= 4 is 34.4 Å². The number of nitrogens with zero attached hydrogens (tertiary/aromatic N) is 4. The summed E-state index contributed by atoms with van der Waals surface area (Å²) in [5, 5.41) is 25.2. The van der Waals surface area contributed by atoms with Crippen molar-refractivity contribution in [2.24, 2.45) is 0 Å². The zero-order chi connectivity index (χ0) is 21.5. The number of aromatic nitrogens is 2. The molecule has 0 radical (unpaired) electrons. The molecule has 0 saturated heterocycles. The van der Waals surface area contributed by atoms with Crippen LogP contribution in [0.2, 0.25) is 0 Å². The molecule has 154 valence electrons. The highest BCUT2D eigenvalue weighted by Crippen LogP contribution is 2.31. The lowest BCUT2D eigenvalue weighted by Gasteiger charge is -2.12. The minimum atomic E-state index is -0.614. The van der Waals surface area contributed by atoms with Crippen molar-refractivity contribution in [1.29, 1.82) is 0 Å². The minimum absolute atomic E-state index is 0.00726. The van der Waals surface area contributed by atoms with Crippen LogP contribution in [0.5, 0.6) is 5.75 Å². The number of nitro benzene ring substituents is 1. The summed E-state index contributed by atoms with van der Waals surface area (Å²) in [5.74, 6) is 0.587.